The highest BCUT2D eigenvalue weighted by Crippen LogP contribution is 2.29. The van der Waals surface area contributed by atoms with Crippen molar-refractivity contribution in [2.45, 2.75) is 84.5 Å². The van der Waals surface area contributed by atoms with E-state index in [4.69, 9.17) is 11.6 Å². The molecule has 0 saturated heterocycles. The fraction of sp³-hybridized carbons (Fsp3) is 0.583. The Hall–Kier alpha value is -1.75. The molecule has 0 saturated carbocycles. The molecule has 0 atom stereocenters. The van der Waals surface area contributed by atoms with Gasteiger partial charge >= 0.3 is 0 Å². The fourth-order valence-corrected chi connectivity index (χ4v) is 3.87. The maximum Gasteiger partial charge on any atom is 0.187 e. The molecule has 1 aromatic carbocycles. The molecule has 3 nitrogen and oxygen atoms in total. The van der Waals surface area contributed by atoms with Crippen LogP contribution < -0.4 is 0 Å². The molecule has 0 N–H and O–H groups in total. The van der Waals surface area contributed by atoms with E-state index in [0.717, 1.165) is 24.8 Å². The summed E-state index contributed by atoms with van der Waals surface area (Å²) in [4.78, 5) is 4.42. The van der Waals surface area contributed by atoms with Crippen LogP contribution >= 0.6 is 11.6 Å². The lowest BCUT2D eigenvalue weighted by Gasteiger charge is -2.08. The van der Waals surface area contributed by atoms with Crippen molar-refractivity contribution in [3.05, 3.63) is 40.7 Å². The van der Waals surface area contributed by atoms with Crippen LogP contribution in [0.4, 0.5) is 8.78 Å². The van der Waals surface area contributed by atoms with Gasteiger partial charge in [-0.3, -0.25) is 0 Å². The Balaban J connectivity index is 1.90. The summed E-state index contributed by atoms with van der Waals surface area (Å²) in [6, 6.07) is 3.75. The Morgan fingerprint density at radius 2 is 1.47 bits per heavy atom. The van der Waals surface area contributed by atoms with Crippen LogP contribution in [0.25, 0.3) is 17.0 Å². The van der Waals surface area contributed by atoms with E-state index in [9.17, 15) is 8.78 Å². The highest BCUT2D eigenvalue weighted by molar-refractivity contribution is 6.32. The van der Waals surface area contributed by atoms with Gasteiger partial charge in [0.25, 0.3) is 0 Å². The number of benzene rings is 1. The van der Waals surface area contributed by atoms with Crippen molar-refractivity contribution in [3.63, 3.8) is 0 Å². The number of halogens is 3. The van der Waals surface area contributed by atoms with Crippen molar-refractivity contribution in [2.75, 3.05) is 0 Å². The summed E-state index contributed by atoms with van der Waals surface area (Å²) in [6.45, 7) is 4.07. The molecule has 0 bridgehead atoms. The third-order valence-electron chi connectivity index (χ3n) is 5.42. The van der Waals surface area contributed by atoms with Gasteiger partial charge in [-0.1, -0.05) is 82.4 Å². The number of rotatable bonds is 13. The Kier molecular flexibility index (Phi) is 10.5. The molecule has 0 aliphatic carbocycles. The summed E-state index contributed by atoms with van der Waals surface area (Å²) in [5, 5.41) is 4.88. The predicted octanol–water partition coefficient (Wildman–Crippen LogP) is 8.04. The number of nitrogens with zero attached hydrogens (tertiary/aromatic N) is 3. The third kappa shape index (κ3) is 7.19. The topological polar surface area (TPSA) is 30.7 Å². The second kappa shape index (κ2) is 12.8. The lowest BCUT2D eigenvalue weighted by Crippen LogP contribution is -2.00. The van der Waals surface area contributed by atoms with E-state index in [1.807, 2.05) is 6.92 Å². The first-order valence-corrected chi connectivity index (χ1v) is 11.5. The van der Waals surface area contributed by atoms with Crippen LogP contribution in [-0.2, 0) is 7.05 Å². The average molecular weight is 438 g/mol. The second-order valence-corrected chi connectivity index (χ2v) is 8.49. The summed E-state index contributed by atoms with van der Waals surface area (Å²) < 4.78 is 29.8. The zero-order valence-electron chi connectivity index (χ0n) is 18.5. The number of hydrogen-bond acceptors (Lipinski definition) is 2. The van der Waals surface area contributed by atoms with Crippen molar-refractivity contribution in [3.8, 4) is 11.4 Å². The van der Waals surface area contributed by atoms with Crippen molar-refractivity contribution in [2.24, 2.45) is 7.05 Å². The van der Waals surface area contributed by atoms with Gasteiger partial charge in [0.2, 0.25) is 0 Å². The SMILES string of the molecule is CCCCCCCCCCCC/C(=C(/C)Cl)c1nc(-c2c(F)cccc2F)nn1C. The Labute approximate surface area is 184 Å². The molecule has 1 aromatic heterocycles. The average Bonchev–Trinajstić information content (AvgIpc) is 3.06. The Morgan fingerprint density at radius 1 is 0.933 bits per heavy atom. The van der Waals surface area contributed by atoms with Crippen LogP contribution in [0.5, 0.6) is 0 Å². The molecular weight excluding hydrogens is 404 g/mol. The zero-order valence-corrected chi connectivity index (χ0v) is 19.2. The highest BCUT2D eigenvalue weighted by atomic mass is 35.5. The van der Waals surface area contributed by atoms with Gasteiger partial charge < -0.3 is 0 Å². The first kappa shape index (κ1) is 24.5. The predicted molar refractivity (Wildman–Crippen MR) is 121 cm³/mol. The second-order valence-electron chi connectivity index (χ2n) is 7.92. The molecule has 2 aromatic rings. The molecular formula is C24H34ClF2N3. The van der Waals surface area contributed by atoms with Crippen molar-refractivity contribution in [1.29, 1.82) is 0 Å². The summed E-state index contributed by atoms with van der Waals surface area (Å²) >= 11 is 6.34. The number of allylic oxidation sites excluding steroid dienone is 2. The van der Waals surface area contributed by atoms with Gasteiger partial charge in [0.1, 0.15) is 11.6 Å². The molecule has 166 valence electrons. The first-order chi connectivity index (χ1) is 14.5. The number of hydrogen-bond donors (Lipinski definition) is 0. The maximum absolute atomic E-state index is 14.1. The monoisotopic (exact) mass is 437 g/mol. The van der Waals surface area contributed by atoms with Crippen LogP contribution in [0.3, 0.4) is 0 Å². The number of unbranched alkanes of at least 4 members (excludes halogenated alkanes) is 9. The largest absolute Gasteiger partial charge is 0.249 e. The molecule has 0 aliphatic rings. The zero-order chi connectivity index (χ0) is 21.9. The maximum atomic E-state index is 14.1. The van der Waals surface area contributed by atoms with Crippen LogP contribution in [0.15, 0.2) is 23.2 Å². The van der Waals surface area contributed by atoms with E-state index in [2.05, 4.69) is 17.0 Å². The Morgan fingerprint density at radius 3 is 2.00 bits per heavy atom. The van der Waals surface area contributed by atoms with Crippen molar-refractivity contribution >= 4 is 17.2 Å². The summed E-state index contributed by atoms with van der Waals surface area (Å²) in [5.74, 6) is -0.734. The third-order valence-corrected chi connectivity index (χ3v) is 5.64. The van der Waals surface area contributed by atoms with Crippen LogP contribution in [-0.4, -0.2) is 14.8 Å². The van der Waals surface area contributed by atoms with E-state index >= 15 is 0 Å². The highest BCUT2D eigenvalue weighted by Gasteiger charge is 2.20. The van der Waals surface area contributed by atoms with Crippen LogP contribution in [0.2, 0.25) is 0 Å². The molecule has 2 rings (SSSR count). The van der Waals surface area contributed by atoms with E-state index in [-0.39, 0.29) is 11.4 Å². The molecule has 0 aliphatic heterocycles. The van der Waals surface area contributed by atoms with Gasteiger partial charge in [0.05, 0.1) is 5.56 Å². The molecule has 0 unspecified atom stereocenters. The molecule has 0 fully saturated rings. The molecule has 30 heavy (non-hydrogen) atoms. The lowest BCUT2D eigenvalue weighted by atomic mass is 10.0. The molecule has 0 spiro atoms. The van der Waals surface area contributed by atoms with Gasteiger partial charge in [-0.2, -0.15) is 5.10 Å². The number of aromatic nitrogens is 3. The quantitative estimate of drug-likeness (QED) is 0.297. The van der Waals surface area contributed by atoms with Gasteiger partial charge in [-0.05, 0) is 31.9 Å². The smallest absolute Gasteiger partial charge is 0.187 e. The minimum Gasteiger partial charge on any atom is -0.249 e. The summed E-state index contributed by atoms with van der Waals surface area (Å²) in [5.41, 5.74) is 0.680. The van der Waals surface area contributed by atoms with E-state index < -0.39 is 11.6 Å². The Bertz CT molecular complexity index is 806. The molecule has 0 radical (unpaired) electrons. The molecule has 1 heterocycles. The first-order valence-electron chi connectivity index (χ1n) is 11.2. The van der Waals surface area contributed by atoms with E-state index in [0.29, 0.717) is 10.9 Å². The van der Waals surface area contributed by atoms with Gasteiger partial charge in [0, 0.05) is 17.7 Å². The molecule has 0 amide bonds. The van der Waals surface area contributed by atoms with Crippen molar-refractivity contribution in [1.82, 2.24) is 14.8 Å². The summed E-state index contributed by atoms with van der Waals surface area (Å²) in [7, 11) is 1.73. The van der Waals surface area contributed by atoms with Crippen molar-refractivity contribution < 1.29 is 8.78 Å². The van der Waals surface area contributed by atoms with Gasteiger partial charge in [-0.15, -0.1) is 0 Å². The van der Waals surface area contributed by atoms with Gasteiger partial charge in [0.15, 0.2) is 11.6 Å². The summed E-state index contributed by atoms with van der Waals surface area (Å²) in [6.07, 6.45) is 13.4. The minimum atomic E-state index is -0.671. The minimum absolute atomic E-state index is 0.0431. The van der Waals surface area contributed by atoms with Crippen LogP contribution in [0, 0.1) is 11.6 Å². The molecule has 6 heteroatoms. The lowest BCUT2D eigenvalue weighted by molar-refractivity contribution is 0.558. The van der Waals surface area contributed by atoms with Crippen LogP contribution in [0.1, 0.15) is 90.3 Å². The van der Waals surface area contributed by atoms with E-state index in [1.165, 1.54) is 69.6 Å². The standard InChI is InChI=1S/C24H34ClF2N3/c1-4-5-6-7-8-9-10-11-12-13-15-19(18(2)25)24-28-23(29-30(24)3)22-20(26)16-14-17-21(22)27/h14,16-17H,4-13,15H2,1-3H3/b19-18+. The van der Waals surface area contributed by atoms with E-state index in [1.54, 1.807) is 11.7 Å². The van der Waals surface area contributed by atoms with Gasteiger partial charge in [-0.25, -0.2) is 18.4 Å². The fourth-order valence-electron chi connectivity index (χ4n) is 3.69. The number of aryl methyl sites for hydroxylation is 1. The normalized spacial score (nSPS) is 12.3.